The Bertz CT molecular complexity index is 380. The highest BCUT2D eigenvalue weighted by Crippen LogP contribution is 2.38. The molecule has 1 saturated heterocycles. The number of nitrogens with zero attached hydrogens (tertiary/aromatic N) is 1. The Morgan fingerprint density at radius 2 is 1.73 bits per heavy atom. The molecule has 22 heavy (non-hydrogen) atoms. The largest absolute Gasteiger partial charge is 0.444 e. The van der Waals surface area contributed by atoms with Crippen LogP contribution in [0.15, 0.2) is 0 Å². The van der Waals surface area contributed by atoms with Crippen LogP contribution >= 0.6 is 0 Å². The van der Waals surface area contributed by atoms with E-state index in [4.69, 9.17) is 4.74 Å². The molecule has 4 atom stereocenters. The molecule has 1 amide bonds. The van der Waals surface area contributed by atoms with E-state index in [0.29, 0.717) is 30.8 Å². The maximum Gasteiger partial charge on any atom is 0.410 e. The van der Waals surface area contributed by atoms with E-state index >= 15 is 0 Å². The van der Waals surface area contributed by atoms with Crippen molar-refractivity contribution in [1.29, 1.82) is 0 Å². The highest BCUT2D eigenvalue weighted by Gasteiger charge is 2.38. The maximum atomic E-state index is 12.1. The van der Waals surface area contributed by atoms with Gasteiger partial charge < -0.3 is 14.7 Å². The molecule has 1 N–H and O–H groups in total. The van der Waals surface area contributed by atoms with Crippen molar-refractivity contribution in [2.24, 2.45) is 23.7 Å². The predicted octanol–water partition coefficient (Wildman–Crippen LogP) is 3.68. The first-order valence-corrected chi connectivity index (χ1v) is 8.81. The smallest absolute Gasteiger partial charge is 0.410 e. The van der Waals surface area contributed by atoms with E-state index in [1.165, 1.54) is 6.42 Å². The number of aliphatic hydroxyl groups is 1. The van der Waals surface area contributed by atoms with E-state index in [0.717, 1.165) is 19.3 Å². The third-order valence-corrected chi connectivity index (χ3v) is 5.06. The summed E-state index contributed by atoms with van der Waals surface area (Å²) < 4.78 is 5.43. The zero-order valence-electron chi connectivity index (χ0n) is 14.8. The zero-order valence-corrected chi connectivity index (χ0v) is 14.8. The van der Waals surface area contributed by atoms with E-state index in [-0.39, 0.29) is 18.1 Å². The Labute approximate surface area is 135 Å². The van der Waals surface area contributed by atoms with Crippen LogP contribution in [0.5, 0.6) is 0 Å². The van der Waals surface area contributed by atoms with Crippen LogP contribution in [0.4, 0.5) is 4.79 Å². The normalized spacial score (nSPS) is 34.5. The zero-order chi connectivity index (χ0) is 16.5. The van der Waals surface area contributed by atoms with Crippen molar-refractivity contribution in [3.05, 3.63) is 0 Å². The van der Waals surface area contributed by atoms with Gasteiger partial charge in [0.2, 0.25) is 0 Å². The van der Waals surface area contributed by atoms with Crippen molar-refractivity contribution < 1.29 is 14.6 Å². The summed E-state index contributed by atoms with van der Waals surface area (Å²) in [6.45, 7) is 11.6. The molecule has 0 aromatic heterocycles. The molecule has 2 rings (SSSR count). The molecule has 4 nitrogen and oxygen atoms in total. The molecule has 1 saturated carbocycles. The van der Waals surface area contributed by atoms with Crippen molar-refractivity contribution in [2.45, 2.75) is 72.0 Å². The Morgan fingerprint density at radius 1 is 1.14 bits per heavy atom. The fourth-order valence-corrected chi connectivity index (χ4v) is 4.23. The fraction of sp³-hybridized carbons (Fsp3) is 0.944. The number of rotatable bonds is 2. The minimum absolute atomic E-state index is 0.204. The molecule has 0 spiro atoms. The van der Waals surface area contributed by atoms with Gasteiger partial charge >= 0.3 is 6.09 Å². The van der Waals surface area contributed by atoms with E-state index in [2.05, 4.69) is 13.8 Å². The third kappa shape index (κ3) is 4.61. The summed E-state index contributed by atoms with van der Waals surface area (Å²) in [5.74, 6) is 2.00. The topological polar surface area (TPSA) is 49.8 Å². The Kier molecular flexibility index (Phi) is 5.41. The standard InChI is InChI=1S/C18H33NO3/c1-12-8-13(2)10-15(9-12)16(20)14-6-7-19(11-14)17(21)22-18(3,4)5/h12-16,20H,6-11H2,1-5H3. The van der Waals surface area contributed by atoms with Crippen LogP contribution in [-0.4, -0.2) is 40.9 Å². The molecular formula is C18H33NO3. The van der Waals surface area contributed by atoms with Gasteiger partial charge in [-0.1, -0.05) is 13.8 Å². The average Bonchev–Trinajstić information content (AvgIpc) is 2.84. The molecule has 0 aromatic carbocycles. The maximum absolute atomic E-state index is 12.1. The Morgan fingerprint density at radius 3 is 2.27 bits per heavy atom. The second-order valence-corrected chi connectivity index (χ2v) is 8.64. The molecule has 128 valence electrons. The Balaban J connectivity index is 1.88. The summed E-state index contributed by atoms with van der Waals surface area (Å²) in [5, 5.41) is 10.8. The van der Waals surface area contributed by atoms with Crippen molar-refractivity contribution >= 4 is 6.09 Å². The summed E-state index contributed by atoms with van der Waals surface area (Å²) >= 11 is 0. The molecular weight excluding hydrogens is 278 g/mol. The SMILES string of the molecule is CC1CC(C)CC(C(O)C2CCN(C(=O)OC(C)(C)C)C2)C1. The Hall–Kier alpha value is -0.770. The quantitative estimate of drug-likeness (QED) is 0.846. The van der Waals surface area contributed by atoms with Crippen molar-refractivity contribution in [1.82, 2.24) is 4.90 Å². The minimum Gasteiger partial charge on any atom is -0.444 e. The molecule has 1 aliphatic carbocycles. The van der Waals surface area contributed by atoms with Crippen LogP contribution in [0.1, 0.15) is 60.3 Å². The molecule has 1 heterocycles. The van der Waals surface area contributed by atoms with Gasteiger partial charge in [0.1, 0.15) is 5.60 Å². The summed E-state index contributed by atoms with van der Waals surface area (Å²) in [7, 11) is 0. The van der Waals surface area contributed by atoms with Gasteiger partial charge in [0.05, 0.1) is 6.10 Å². The minimum atomic E-state index is -0.456. The van der Waals surface area contributed by atoms with E-state index in [9.17, 15) is 9.90 Å². The number of carbonyl (C=O) groups is 1. The summed E-state index contributed by atoms with van der Waals surface area (Å²) in [5.41, 5.74) is -0.456. The van der Waals surface area contributed by atoms with E-state index < -0.39 is 5.60 Å². The number of carbonyl (C=O) groups excluding carboxylic acids is 1. The van der Waals surface area contributed by atoms with Gasteiger partial charge in [-0.05, 0) is 64.2 Å². The average molecular weight is 311 g/mol. The second-order valence-electron chi connectivity index (χ2n) is 8.64. The summed E-state index contributed by atoms with van der Waals surface area (Å²) in [6, 6.07) is 0. The van der Waals surface area contributed by atoms with Gasteiger partial charge in [-0.2, -0.15) is 0 Å². The summed E-state index contributed by atoms with van der Waals surface area (Å²) in [6.07, 6.45) is 3.88. The lowest BCUT2D eigenvalue weighted by Crippen LogP contribution is -2.38. The lowest BCUT2D eigenvalue weighted by molar-refractivity contribution is 0.00918. The van der Waals surface area contributed by atoms with Gasteiger partial charge in [0, 0.05) is 19.0 Å². The van der Waals surface area contributed by atoms with Gasteiger partial charge in [-0.3, -0.25) is 0 Å². The van der Waals surface area contributed by atoms with Gasteiger partial charge in [-0.15, -0.1) is 0 Å². The van der Waals surface area contributed by atoms with Crippen LogP contribution in [0.3, 0.4) is 0 Å². The number of hydrogen-bond donors (Lipinski definition) is 1. The molecule has 2 fully saturated rings. The van der Waals surface area contributed by atoms with Gasteiger partial charge in [-0.25, -0.2) is 4.79 Å². The lowest BCUT2D eigenvalue weighted by Gasteiger charge is -2.36. The first kappa shape index (κ1) is 17.6. The number of hydrogen-bond acceptors (Lipinski definition) is 3. The van der Waals surface area contributed by atoms with Gasteiger partial charge in [0.15, 0.2) is 0 Å². The number of ether oxygens (including phenoxy) is 1. The molecule has 4 unspecified atom stereocenters. The predicted molar refractivity (Wildman–Crippen MR) is 87.6 cm³/mol. The molecule has 4 heteroatoms. The third-order valence-electron chi connectivity index (χ3n) is 5.06. The molecule has 0 radical (unpaired) electrons. The molecule has 1 aliphatic heterocycles. The van der Waals surface area contributed by atoms with Crippen molar-refractivity contribution in [3.63, 3.8) is 0 Å². The van der Waals surface area contributed by atoms with Crippen molar-refractivity contribution in [3.8, 4) is 0 Å². The first-order chi connectivity index (χ1) is 10.2. The summed E-state index contributed by atoms with van der Waals surface area (Å²) in [4.78, 5) is 13.9. The van der Waals surface area contributed by atoms with Crippen LogP contribution < -0.4 is 0 Å². The molecule has 0 aromatic rings. The monoisotopic (exact) mass is 311 g/mol. The van der Waals surface area contributed by atoms with Crippen LogP contribution in [-0.2, 0) is 4.74 Å². The lowest BCUT2D eigenvalue weighted by atomic mass is 9.72. The number of aliphatic hydroxyl groups excluding tert-OH is 1. The first-order valence-electron chi connectivity index (χ1n) is 8.81. The van der Waals surface area contributed by atoms with Crippen LogP contribution in [0, 0.1) is 23.7 Å². The van der Waals surface area contributed by atoms with E-state index in [1.54, 1.807) is 4.90 Å². The van der Waals surface area contributed by atoms with E-state index in [1.807, 2.05) is 20.8 Å². The molecule has 0 bridgehead atoms. The second kappa shape index (κ2) is 6.77. The number of likely N-dealkylation sites (tertiary alicyclic amines) is 1. The fourth-order valence-electron chi connectivity index (χ4n) is 4.23. The number of amides is 1. The highest BCUT2D eigenvalue weighted by molar-refractivity contribution is 5.68. The van der Waals surface area contributed by atoms with Crippen LogP contribution in [0.2, 0.25) is 0 Å². The molecule has 2 aliphatic rings. The van der Waals surface area contributed by atoms with Gasteiger partial charge in [0.25, 0.3) is 0 Å². The van der Waals surface area contributed by atoms with Crippen LogP contribution in [0.25, 0.3) is 0 Å². The highest BCUT2D eigenvalue weighted by atomic mass is 16.6. The van der Waals surface area contributed by atoms with Crippen molar-refractivity contribution in [2.75, 3.05) is 13.1 Å².